The van der Waals surface area contributed by atoms with E-state index in [2.05, 4.69) is 29.0 Å². The number of hydrogen-bond acceptors (Lipinski definition) is 3. The van der Waals surface area contributed by atoms with Crippen LogP contribution < -0.4 is 5.32 Å². The lowest BCUT2D eigenvalue weighted by atomic mass is 9.93. The Morgan fingerprint density at radius 1 is 1.05 bits per heavy atom. The molecule has 3 fully saturated rings. The number of piperazine rings is 1. The molecule has 19 heavy (non-hydrogen) atoms. The van der Waals surface area contributed by atoms with E-state index in [0.29, 0.717) is 0 Å². The summed E-state index contributed by atoms with van der Waals surface area (Å²) in [4.78, 5) is 5.34. The molecule has 2 heterocycles. The van der Waals surface area contributed by atoms with Crippen molar-refractivity contribution in [2.75, 3.05) is 45.8 Å². The van der Waals surface area contributed by atoms with Crippen LogP contribution in [0.2, 0.25) is 0 Å². The molecule has 2 aliphatic heterocycles. The third-order valence-electron chi connectivity index (χ3n) is 5.42. The maximum atomic E-state index is 3.79. The summed E-state index contributed by atoms with van der Waals surface area (Å²) in [6, 6.07) is 0.796. The van der Waals surface area contributed by atoms with Gasteiger partial charge in [-0.1, -0.05) is 20.3 Å². The van der Waals surface area contributed by atoms with Crippen molar-refractivity contribution in [3.63, 3.8) is 0 Å². The first kappa shape index (κ1) is 13.8. The standard InChI is InChI=1S/C16H31N3/c1-13(2)11-18-6-8-19(9-7-18)12-16-15-5-3-4-14(15)10-17-16/h13-17H,3-12H2,1-2H3. The van der Waals surface area contributed by atoms with Gasteiger partial charge in [-0.3, -0.25) is 4.90 Å². The number of nitrogens with zero attached hydrogens (tertiary/aromatic N) is 2. The highest BCUT2D eigenvalue weighted by molar-refractivity contribution is 4.95. The number of hydrogen-bond donors (Lipinski definition) is 1. The first-order valence-corrected chi connectivity index (χ1v) is 8.40. The van der Waals surface area contributed by atoms with Crippen LogP contribution in [0.1, 0.15) is 33.1 Å². The molecule has 3 unspecified atom stereocenters. The lowest BCUT2D eigenvalue weighted by molar-refractivity contribution is 0.110. The van der Waals surface area contributed by atoms with Crippen molar-refractivity contribution < 1.29 is 0 Å². The van der Waals surface area contributed by atoms with Crippen molar-refractivity contribution >= 4 is 0 Å². The molecule has 110 valence electrons. The average molecular weight is 265 g/mol. The third kappa shape index (κ3) is 3.32. The number of nitrogens with one attached hydrogen (secondary N) is 1. The predicted molar refractivity (Wildman–Crippen MR) is 80.3 cm³/mol. The van der Waals surface area contributed by atoms with E-state index in [4.69, 9.17) is 0 Å². The Kier molecular flexibility index (Phi) is 4.45. The Hall–Kier alpha value is -0.120. The maximum Gasteiger partial charge on any atom is 0.0226 e. The van der Waals surface area contributed by atoms with Gasteiger partial charge in [0, 0.05) is 45.3 Å². The summed E-state index contributed by atoms with van der Waals surface area (Å²) in [5.41, 5.74) is 0. The molecule has 1 N–H and O–H groups in total. The van der Waals surface area contributed by atoms with Crippen LogP contribution >= 0.6 is 0 Å². The highest BCUT2D eigenvalue weighted by Crippen LogP contribution is 2.37. The van der Waals surface area contributed by atoms with E-state index in [1.807, 2.05) is 0 Å². The highest BCUT2D eigenvalue weighted by Gasteiger charge is 2.39. The van der Waals surface area contributed by atoms with Crippen LogP contribution in [0.3, 0.4) is 0 Å². The lowest BCUT2D eigenvalue weighted by Gasteiger charge is -2.37. The molecule has 3 aliphatic rings. The van der Waals surface area contributed by atoms with Gasteiger partial charge in [-0.25, -0.2) is 0 Å². The van der Waals surface area contributed by atoms with Crippen LogP contribution in [0.15, 0.2) is 0 Å². The van der Waals surface area contributed by atoms with Gasteiger partial charge in [0.1, 0.15) is 0 Å². The zero-order valence-corrected chi connectivity index (χ0v) is 12.8. The summed E-state index contributed by atoms with van der Waals surface area (Å²) in [7, 11) is 0. The first-order chi connectivity index (χ1) is 9.22. The molecule has 3 atom stereocenters. The number of fused-ring (bicyclic) bond motifs is 1. The Morgan fingerprint density at radius 3 is 2.53 bits per heavy atom. The van der Waals surface area contributed by atoms with Crippen molar-refractivity contribution in [2.45, 2.75) is 39.2 Å². The summed E-state index contributed by atoms with van der Waals surface area (Å²) < 4.78 is 0. The number of rotatable bonds is 4. The van der Waals surface area contributed by atoms with Gasteiger partial charge in [-0.15, -0.1) is 0 Å². The van der Waals surface area contributed by atoms with Crippen LogP contribution in [-0.2, 0) is 0 Å². The summed E-state index contributed by atoms with van der Waals surface area (Å²) in [6.45, 7) is 13.6. The highest BCUT2D eigenvalue weighted by atomic mass is 15.3. The molecule has 3 rings (SSSR count). The smallest absolute Gasteiger partial charge is 0.0226 e. The Balaban J connectivity index is 1.42. The molecule has 1 saturated carbocycles. The second kappa shape index (κ2) is 6.11. The van der Waals surface area contributed by atoms with Crippen LogP contribution in [0.5, 0.6) is 0 Å². The van der Waals surface area contributed by atoms with Crippen LogP contribution in [0.4, 0.5) is 0 Å². The molecule has 0 aromatic carbocycles. The van der Waals surface area contributed by atoms with Gasteiger partial charge in [-0.05, 0) is 37.1 Å². The second-order valence-corrected chi connectivity index (χ2v) is 7.36. The maximum absolute atomic E-state index is 3.79. The summed E-state index contributed by atoms with van der Waals surface area (Å²) in [6.07, 6.45) is 4.45. The van der Waals surface area contributed by atoms with E-state index in [0.717, 1.165) is 23.8 Å². The van der Waals surface area contributed by atoms with E-state index in [1.165, 1.54) is 65.1 Å². The Bertz CT molecular complexity index is 284. The van der Waals surface area contributed by atoms with Gasteiger partial charge in [0.05, 0.1) is 0 Å². The predicted octanol–water partition coefficient (Wildman–Crippen LogP) is 1.65. The molecule has 3 heteroatoms. The topological polar surface area (TPSA) is 18.5 Å². The van der Waals surface area contributed by atoms with Crippen molar-refractivity contribution in [3.8, 4) is 0 Å². The molecule has 1 aliphatic carbocycles. The summed E-state index contributed by atoms with van der Waals surface area (Å²) in [5, 5.41) is 3.79. The molecule has 0 aromatic rings. The molecule has 3 nitrogen and oxygen atoms in total. The van der Waals surface area contributed by atoms with Crippen molar-refractivity contribution in [1.29, 1.82) is 0 Å². The fourth-order valence-electron chi connectivity index (χ4n) is 4.45. The quantitative estimate of drug-likeness (QED) is 0.834. The van der Waals surface area contributed by atoms with Gasteiger partial charge in [0.15, 0.2) is 0 Å². The minimum Gasteiger partial charge on any atom is -0.312 e. The summed E-state index contributed by atoms with van der Waals surface area (Å²) >= 11 is 0. The fraction of sp³-hybridized carbons (Fsp3) is 1.00. The van der Waals surface area contributed by atoms with E-state index in [1.54, 1.807) is 0 Å². The lowest BCUT2D eigenvalue weighted by Crippen LogP contribution is -2.51. The molecule has 0 aromatic heterocycles. The average Bonchev–Trinajstić information content (AvgIpc) is 2.96. The van der Waals surface area contributed by atoms with E-state index >= 15 is 0 Å². The van der Waals surface area contributed by atoms with E-state index < -0.39 is 0 Å². The SMILES string of the molecule is CC(C)CN1CCN(CC2NCC3CCCC32)CC1. The normalized spacial score (nSPS) is 37.1. The van der Waals surface area contributed by atoms with Crippen LogP contribution in [0, 0.1) is 17.8 Å². The monoisotopic (exact) mass is 265 g/mol. The minimum absolute atomic E-state index is 0.796. The molecule has 0 amide bonds. The molecule has 0 bridgehead atoms. The van der Waals surface area contributed by atoms with Crippen molar-refractivity contribution in [1.82, 2.24) is 15.1 Å². The zero-order chi connectivity index (χ0) is 13.2. The fourth-order valence-corrected chi connectivity index (χ4v) is 4.45. The largest absolute Gasteiger partial charge is 0.312 e. The third-order valence-corrected chi connectivity index (χ3v) is 5.42. The molecule has 0 spiro atoms. The minimum atomic E-state index is 0.796. The zero-order valence-electron chi connectivity index (χ0n) is 12.8. The Labute approximate surface area is 118 Å². The molecular weight excluding hydrogens is 234 g/mol. The molecular formula is C16H31N3. The van der Waals surface area contributed by atoms with Gasteiger partial charge >= 0.3 is 0 Å². The summed E-state index contributed by atoms with van der Waals surface area (Å²) in [5.74, 6) is 2.81. The van der Waals surface area contributed by atoms with Gasteiger partial charge in [0.25, 0.3) is 0 Å². The van der Waals surface area contributed by atoms with Crippen molar-refractivity contribution in [2.24, 2.45) is 17.8 Å². The Morgan fingerprint density at radius 2 is 1.79 bits per heavy atom. The van der Waals surface area contributed by atoms with Gasteiger partial charge < -0.3 is 10.2 Å². The van der Waals surface area contributed by atoms with Gasteiger partial charge in [-0.2, -0.15) is 0 Å². The van der Waals surface area contributed by atoms with Crippen molar-refractivity contribution in [3.05, 3.63) is 0 Å². The van der Waals surface area contributed by atoms with Crippen LogP contribution in [-0.4, -0.2) is 61.7 Å². The van der Waals surface area contributed by atoms with Crippen LogP contribution in [0.25, 0.3) is 0 Å². The first-order valence-electron chi connectivity index (χ1n) is 8.40. The van der Waals surface area contributed by atoms with E-state index in [9.17, 15) is 0 Å². The van der Waals surface area contributed by atoms with E-state index in [-0.39, 0.29) is 0 Å². The molecule has 0 radical (unpaired) electrons. The second-order valence-electron chi connectivity index (χ2n) is 7.36. The van der Waals surface area contributed by atoms with Gasteiger partial charge in [0.2, 0.25) is 0 Å². The molecule has 2 saturated heterocycles.